The number of ketones is 1. The highest BCUT2D eigenvalue weighted by Gasteiger charge is 2.51. The lowest BCUT2D eigenvalue weighted by Crippen LogP contribution is -2.44. The number of rotatable bonds is 6. The molecule has 3 rings (SSSR count). The van der Waals surface area contributed by atoms with E-state index in [1.165, 1.54) is 4.90 Å². The summed E-state index contributed by atoms with van der Waals surface area (Å²) >= 11 is 0. The monoisotopic (exact) mass is 395 g/mol. The molecular formula is C23H25NO5. The number of amides is 1. The SMILES string of the molecule is CCOC(=O)CN1C(=O)[C@](O)(CC(=O)c2c(C)cc(C)cc2C)c2ccccc21. The summed E-state index contributed by atoms with van der Waals surface area (Å²) in [5.41, 5.74) is 1.88. The van der Waals surface area contributed by atoms with Crippen LogP contribution in [0.25, 0.3) is 0 Å². The molecule has 0 saturated carbocycles. The van der Waals surface area contributed by atoms with Crippen molar-refractivity contribution in [3.05, 3.63) is 64.2 Å². The molecule has 0 radical (unpaired) electrons. The number of aliphatic hydroxyl groups is 1. The van der Waals surface area contributed by atoms with Crippen molar-refractivity contribution in [3.63, 3.8) is 0 Å². The van der Waals surface area contributed by atoms with Crippen LogP contribution in [-0.4, -0.2) is 35.9 Å². The molecule has 0 saturated heterocycles. The van der Waals surface area contributed by atoms with Crippen LogP contribution in [0.1, 0.15) is 46.0 Å². The molecule has 1 aliphatic rings. The van der Waals surface area contributed by atoms with E-state index in [4.69, 9.17) is 4.74 Å². The average Bonchev–Trinajstić information content (AvgIpc) is 2.83. The van der Waals surface area contributed by atoms with Crippen LogP contribution >= 0.6 is 0 Å². The Morgan fingerprint density at radius 3 is 2.34 bits per heavy atom. The Kier molecular flexibility index (Phi) is 5.57. The van der Waals surface area contributed by atoms with Gasteiger partial charge in [0.1, 0.15) is 6.54 Å². The number of para-hydroxylation sites is 1. The largest absolute Gasteiger partial charge is 0.465 e. The number of benzene rings is 2. The van der Waals surface area contributed by atoms with Crippen LogP contribution in [0.15, 0.2) is 36.4 Å². The van der Waals surface area contributed by atoms with Crippen LogP contribution < -0.4 is 4.90 Å². The molecule has 0 fully saturated rings. The number of hydrogen-bond donors (Lipinski definition) is 1. The molecule has 6 heteroatoms. The lowest BCUT2D eigenvalue weighted by Gasteiger charge is -2.23. The number of carbonyl (C=O) groups is 3. The fourth-order valence-electron chi connectivity index (χ4n) is 4.11. The van der Waals surface area contributed by atoms with Crippen LogP contribution in [0.5, 0.6) is 0 Å². The lowest BCUT2D eigenvalue weighted by atomic mass is 9.85. The third-order valence-corrected chi connectivity index (χ3v) is 5.20. The molecule has 1 aliphatic heterocycles. The molecule has 0 unspecified atom stereocenters. The lowest BCUT2D eigenvalue weighted by molar-refractivity contribution is -0.144. The first kappa shape index (κ1) is 20.7. The molecule has 0 aromatic heterocycles. The van der Waals surface area contributed by atoms with E-state index in [1.54, 1.807) is 31.2 Å². The summed E-state index contributed by atoms with van der Waals surface area (Å²) < 4.78 is 4.95. The normalized spacial score (nSPS) is 18.0. The minimum absolute atomic E-state index is 0.192. The van der Waals surface area contributed by atoms with Crippen molar-refractivity contribution in [1.82, 2.24) is 0 Å². The highest BCUT2D eigenvalue weighted by Crippen LogP contribution is 2.43. The Morgan fingerprint density at radius 2 is 1.72 bits per heavy atom. The molecule has 0 spiro atoms. The van der Waals surface area contributed by atoms with Gasteiger partial charge in [-0.05, 0) is 44.9 Å². The molecule has 1 atom stereocenters. The molecule has 0 bridgehead atoms. The summed E-state index contributed by atoms with van der Waals surface area (Å²) in [7, 11) is 0. The molecule has 1 amide bonds. The number of carbonyl (C=O) groups excluding carboxylic acids is 3. The number of hydrogen-bond acceptors (Lipinski definition) is 5. The number of nitrogens with zero attached hydrogens (tertiary/aromatic N) is 1. The zero-order chi connectivity index (χ0) is 21.3. The zero-order valence-electron chi connectivity index (χ0n) is 17.1. The Bertz CT molecular complexity index is 974. The first-order valence-electron chi connectivity index (χ1n) is 9.59. The predicted octanol–water partition coefficient (Wildman–Crippen LogP) is 2.98. The number of aryl methyl sites for hydroxylation is 3. The van der Waals surface area contributed by atoms with Gasteiger partial charge in [0.15, 0.2) is 11.4 Å². The quantitative estimate of drug-likeness (QED) is 0.600. The zero-order valence-corrected chi connectivity index (χ0v) is 17.1. The fourth-order valence-corrected chi connectivity index (χ4v) is 4.11. The number of ether oxygens (including phenoxy) is 1. The second-order valence-corrected chi connectivity index (χ2v) is 7.45. The fraction of sp³-hybridized carbons (Fsp3) is 0.348. The van der Waals surface area contributed by atoms with Crippen LogP contribution in [0.3, 0.4) is 0 Å². The van der Waals surface area contributed by atoms with E-state index in [-0.39, 0.29) is 18.9 Å². The molecule has 29 heavy (non-hydrogen) atoms. The third kappa shape index (κ3) is 3.68. The minimum atomic E-state index is -2.02. The van der Waals surface area contributed by atoms with Crippen molar-refractivity contribution in [2.75, 3.05) is 18.1 Å². The molecule has 6 nitrogen and oxygen atoms in total. The van der Waals surface area contributed by atoms with Crippen molar-refractivity contribution in [3.8, 4) is 0 Å². The minimum Gasteiger partial charge on any atom is -0.465 e. The van der Waals surface area contributed by atoms with Gasteiger partial charge < -0.3 is 9.84 Å². The van der Waals surface area contributed by atoms with Gasteiger partial charge in [0, 0.05) is 11.1 Å². The van der Waals surface area contributed by atoms with Gasteiger partial charge in [-0.15, -0.1) is 0 Å². The predicted molar refractivity (Wildman–Crippen MR) is 109 cm³/mol. The molecular weight excluding hydrogens is 370 g/mol. The van der Waals surface area contributed by atoms with Crippen LogP contribution in [-0.2, 0) is 19.9 Å². The van der Waals surface area contributed by atoms with Gasteiger partial charge in [-0.2, -0.15) is 0 Å². The van der Waals surface area contributed by atoms with E-state index in [0.29, 0.717) is 16.8 Å². The van der Waals surface area contributed by atoms with E-state index in [1.807, 2.05) is 32.9 Å². The Balaban J connectivity index is 1.98. The van der Waals surface area contributed by atoms with Crippen LogP contribution in [0.2, 0.25) is 0 Å². The smallest absolute Gasteiger partial charge is 0.326 e. The van der Waals surface area contributed by atoms with Gasteiger partial charge in [-0.1, -0.05) is 35.9 Å². The second kappa shape index (κ2) is 7.79. The Morgan fingerprint density at radius 1 is 1.10 bits per heavy atom. The number of esters is 1. The van der Waals surface area contributed by atoms with Gasteiger partial charge in [-0.25, -0.2) is 0 Å². The summed E-state index contributed by atoms with van der Waals surface area (Å²) in [6.45, 7) is 7.19. The van der Waals surface area contributed by atoms with Crippen molar-refractivity contribution in [2.24, 2.45) is 0 Å². The summed E-state index contributed by atoms with van der Waals surface area (Å²) in [4.78, 5) is 39.4. The van der Waals surface area contributed by atoms with Crippen molar-refractivity contribution in [2.45, 2.75) is 39.7 Å². The second-order valence-electron chi connectivity index (χ2n) is 7.45. The van der Waals surface area contributed by atoms with Gasteiger partial charge in [0.05, 0.1) is 18.7 Å². The first-order chi connectivity index (χ1) is 13.7. The summed E-state index contributed by atoms with van der Waals surface area (Å²) in [6.07, 6.45) is -0.396. The summed E-state index contributed by atoms with van der Waals surface area (Å²) in [5, 5.41) is 11.3. The number of Topliss-reactive ketones (excluding diaryl/α,β-unsaturated/α-hetero) is 1. The van der Waals surface area contributed by atoms with E-state index >= 15 is 0 Å². The Hall–Kier alpha value is -2.99. The average molecular weight is 395 g/mol. The first-order valence-corrected chi connectivity index (χ1v) is 9.59. The van der Waals surface area contributed by atoms with Crippen molar-refractivity contribution < 1.29 is 24.2 Å². The van der Waals surface area contributed by atoms with Crippen LogP contribution in [0.4, 0.5) is 5.69 Å². The molecule has 2 aromatic rings. The molecule has 0 aliphatic carbocycles. The standard InChI is InChI=1S/C23H25NO5/c1-5-29-20(26)13-24-18-9-7-6-8-17(18)23(28,22(24)27)12-19(25)21-15(3)10-14(2)11-16(21)4/h6-11,28H,5,12-13H2,1-4H3/t23-/m0/s1. The van der Waals surface area contributed by atoms with Crippen molar-refractivity contribution in [1.29, 1.82) is 0 Å². The van der Waals surface area contributed by atoms with Gasteiger partial charge >= 0.3 is 5.97 Å². The summed E-state index contributed by atoms with van der Waals surface area (Å²) in [6, 6.07) is 10.5. The number of anilines is 1. The third-order valence-electron chi connectivity index (χ3n) is 5.20. The summed E-state index contributed by atoms with van der Waals surface area (Å²) in [5.74, 6) is -1.58. The van der Waals surface area contributed by atoms with E-state index in [2.05, 4.69) is 0 Å². The maximum absolute atomic E-state index is 13.1. The molecule has 152 valence electrons. The number of fused-ring (bicyclic) bond motifs is 1. The van der Waals surface area contributed by atoms with Crippen LogP contribution in [0, 0.1) is 20.8 Å². The van der Waals surface area contributed by atoms with Gasteiger partial charge in [0.2, 0.25) is 0 Å². The maximum atomic E-state index is 13.1. The van der Waals surface area contributed by atoms with Crippen molar-refractivity contribution >= 4 is 23.3 Å². The van der Waals surface area contributed by atoms with Gasteiger partial charge in [0.25, 0.3) is 5.91 Å². The van der Waals surface area contributed by atoms with E-state index < -0.39 is 23.9 Å². The molecule has 2 aromatic carbocycles. The topological polar surface area (TPSA) is 83.9 Å². The van der Waals surface area contributed by atoms with Gasteiger partial charge in [-0.3, -0.25) is 19.3 Å². The molecule has 1 N–H and O–H groups in total. The highest BCUT2D eigenvalue weighted by molar-refractivity contribution is 6.12. The maximum Gasteiger partial charge on any atom is 0.326 e. The highest BCUT2D eigenvalue weighted by atomic mass is 16.5. The van der Waals surface area contributed by atoms with E-state index in [9.17, 15) is 19.5 Å². The Labute approximate surface area is 170 Å². The molecule has 1 heterocycles. The van der Waals surface area contributed by atoms with E-state index in [0.717, 1.165) is 16.7 Å².